The Bertz CT molecular complexity index is 1140. The van der Waals surface area contributed by atoms with Crippen molar-refractivity contribution in [3.63, 3.8) is 0 Å². The van der Waals surface area contributed by atoms with Gasteiger partial charge in [0.25, 0.3) is 0 Å². The zero-order valence-corrected chi connectivity index (χ0v) is 19.6. The number of anilines is 2. The van der Waals surface area contributed by atoms with Gasteiger partial charge < -0.3 is 25.4 Å². The number of benzene rings is 1. The Morgan fingerprint density at radius 2 is 2.03 bits per heavy atom. The monoisotopic (exact) mass is 479 g/mol. The molecule has 1 aromatic heterocycles. The summed E-state index contributed by atoms with van der Waals surface area (Å²) in [5.41, 5.74) is 1.31. The molecule has 3 aliphatic heterocycles. The second-order valence-corrected chi connectivity index (χ2v) is 9.02. The molecule has 5 rings (SSSR count). The summed E-state index contributed by atoms with van der Waals surface area (Å²) in [6.45, 7) is 2.45. The molecule has 0 spiro atoms. The molecule has 2 amide bonds. The number of aliphatic imine (C=N–C) groups is 1. The van der Waals surface area contributed by atoms with Crippen molar-refractivity contribution >= 4 is 35.4 Å². The summed E-state index contributed by atoms with van der Waals surface area (Å²) in [7, 11) is 1.78. The first-order valence-corrected chi connectivity index (χ1v) is 11.8. The van der Waals surface area contributed by atoms with E-state index in [1.54, 1.807) is 24.2 Å². The van der Waals surface area contributed by atoms with Crippen molar-refractivity contribution in [3.05, 3.63) is 36.2 Å². The molecule has 2 aromatic rings. The Kier molecular flexibility index (Phi) is 6.60. The van der Waals surface area contributed by atoms with Gasteiger partial charge in [0.2, 0.25) is 11.8 Å². The lowest BCUT2D eigenvalue weighted by Crippen LogP contribution is -2.45. The lowest BCUT2D eigenvalue weighted by Gasteiger charge is -2.27. The minimum atomic E-state index is -0.622. The summed E-state index contributed by atoms with van der Waals surface area (Å²) in [6, 6.07) is 6.94. The molecule has 1 saturated heterocycles. The summed E-state index contributed by atoms with van der Waals surface area (Å²) >= 11 is 0. The number of hydrogen-bond donors (Lipinski definition) is 3. The highest BCUT2D eigenvalue weighted by atomic mass is 16.5. The number of nitrogens with zero attached hydrogens (tertiary/aromatic N) is 5. The first-order chi connectivity index (χ1) is 17.0. The van der Waals surface area contributed by atoms with E-state index >= 15 is 0 Å². The van der Waals surface area contributed by atoms with Crippen LogP contribution < -0.4 is 15.4 Å². The van der Waals surface area contributed by atoms with Crippen LogP contribution in [0.3, 0.4) is 0 Å². The van der Waals surface area contributed by atoms with Crippen LogP contribution in [0.4, 0.5) is 17.3 Å². The third kappa shape index (κ3) is 4.96. The van der Waals surface area contributed by atoms with Crippen LogP contribution in [0.25, 0.3) is 0 Å². The number of nitrogens with one attached hydrogen (secondary N) is 2. The van der Waals surface area contributed by atoms with Crippen molar-refractivity contribution in [2.24, 2.45) is 4.99 Å². The van der Waals surface area contributed by atoms with Gasteiger partial charge in [-0.1, -0.05) is 6.07 Å². The molecule has 3 aliphatic rings. The third-order valence-corrected chi connectivity index (χ3v) is 6.56. The molecule has 3 N–H and O–H groups in total. The van der Waals surface area contributed by atoms with Gasteiger partial charge in [-0.15, -0.1) is 0 Å². The lowest BCUT2D eigenvalue weighted by atomic mass is 10.0. The molecule has 1 fully saturated rings. The number of amides is 2. The highest BCUT2D eigenvalue weighted by Crippen LogP contribution is 2.35. The Morgan fingerprint density at radius 3 is 2.91 bits per heavy atom. The summed E-state index contributed by atoms with van der Waals surface area (Å²) < 4.78 is 5.93. The van der Waals surface area contributed by atoms with Gasteiger partial charge in [0.1, 0.15) is 36.2 Å². The number of carbonyl (C=O) groups excluding carboxylic acids is 2. The van der Waals surface area contributed by atoms with E-state index in [4.69, 9.17) is 4.74 Å². The molecular weight excluding hydrogens is 450 g/mol. The Morgan fingerprint density at radius 1 is 1.17 bits per heavy atom. The van der Waals surface area contributed by atoms with Crippen molar-refractivity contribution in [1.29, 1.82) is 0 Å². The molecule has 1 unspecified atom stereocenters. The first-order valence-electron chi connectivity index (χ1n) is 11.8. The molecule has 11 heteroatoms. The highest BCUT2D eigenvalue weighted by Gasteiger charge is 2.37. The van der Waals surface area contributed by atoms with Crippen molar-refractivity contribution in [1.82, 2.24) is 19.8 Å². The first kappa shape index (κ1) is 23.2. The van der Waals surface area contributed by atoms with Gasteiger partial charge in [0.15, 0.2) is 0 Å². The van der Waals surface area contributed by atoms with Crippen molar-refractivity contribution in [2.45, 2.75) is 30.9 Å². The number of aromatic nitrogens is 2. The fourth-order valence-electron chi connectivity index (χ4n) is 4.76. The molecule has 0 radical (unpaired) electrons. The largest absolute Gasteiger partial charge is 0.492 e. The van der Waals surface area contributed by atoms with E-state index in [0.29, 0.717) is 74.3 Å². The zero-order chi connectivity index (χ0) is 24.4. The van der Waals surface area contributed by atoms with Crippen molar-refractivity contribution in [3.8, 4) is 5.75 Å². The van der Waals surface area contributed by atoms with Gasteiger partial charge in [0.05, 0.1) is 23.4 Å². The quantitative estimate of drug-likeness (QED) is 0.510. The highest BCUT2D eigenvalue weighted by molar-refractivity contribution is 6.13. The average Bonchev–Trinajstić information content (AvgIpc) is 3.38. The number of ether oxygens (including phenoxy) is 1. The van der Waals surface area contributed by atoms with Crippen molar-refractivity contribution in [2.75, 3.05) is 50.5 Å². The van der Waals surface area contributed by atoms with Crippen LogP contribution in [0.5, 0.6) is 5.75 Å². The zero-order valence-electron chi connectivity index (χ0n) is 19.6. The number of fused-ring (bicyclic) bond motifs is 3. The molecule has 11 nitrogen and oxygen atoms in total. The van der Waals surface area contributed by atoms with E-state index in [-0.39, 0.29) is 17.9 Å². The van der Waals surface area contributed by atoms with E-state index in [0.717, 1.165) is 0 Å². The molecule has 0 aliphatic carbocycles. The van der Waals surface area contributed by atoms with Crippen LogP contribution in [0.1, 0.15) is 24.3 Å². The Balaban J connectivity index is 1.42. The van der Waals surface area contributed by atoms with Crippen molar-refractivity contribution < 1.29 is 19.4 Å². The number of aliphatic hydroxyl groups excluding tert-OH is 1. The summed E-state index contributed by atoms with van der Waals surface area (Å²) in [5, 5.41) is 16.3. The van der Waals surface area contributed by atoms with E-state index in [9.17, 15) is 14.7 Å². The molecular formula is C24H29N7O4. The third-order valence-electron chi connectivity index (χ3n) is 6.56. The second-order valence-electron chi connectivity index (χ2n) is 9.02. The van der Waals surface area contributed by atoms with Gasteiger partial charge >= 0.3 is 0 Å². The predicted molar refractivity (Wildman–Crippen MR) is 130 cm³/mol. The molecule has 0 saturated carbocycles. The normalized spacial score (nSPS) is 25.4. The number of hydrogen-bond acceptors (Lipinski definition) is 9. The predicted octanol–water partition coefficient (Wildman–Crippen LogP) is 1.00. The molecule has 184 valence electrons. The van der Waals surface area contributed by atoms with Gasteiger partial charge in [-0.25, -0.2) is 9.97 Å². The Labute approximate surface area is 203 Å². The molecule has 35 heavy (non-hydrogen) atoms. The fourth-order valence-corrected chi connectivity index (χ4v) is 4.76. The van der Waals surface area contributed by atoms with E-state index in [1.165, 1.54) is 6.33 Å². The van der Waals surface area contributed by atoms with Crippen LogP contribution >= 0.6 is 0 Å². The molecule has 4 heterocycles. The van der Waals surface area contributed by atoms with Gasteiger partial charge in [-0.2, -0.15) is 0 Å². The van der Waals surface area contributed by atoms with E-state index in [1.807, 2.05) is 23.1 Å². The van der Waals surface area contributed by atoms with E-state index < -0.39 is 12.0 Å². The SMILES string of the molecule is CN1CCCNc2ncnc3c2C(C=Nc2cccc(c2)OCCN2C[C@H](O)C[C@@H]2C1=O)C(=O)N3. The van der Waals surface area contributed by atoms with Crippen LogP contribution in [0.15, 0.2) is 35.6 Å². The maximum atomic E-state index is 13.1. The summed E-state index contributed by atoms with van der Waals surface area (Å²) in [6.07, 6.45) is 3.59. The number of carbonyl (C=O) groups is 2. The minimum Gasteiger partial charge on any atom is -0.492 e. The summed E-state index contributed by atoms with van der Waals surface area (Å²) in [5.74, 6) is 0.840. The van der Waals surface area contributed by atoms with Crippen LogP contribution in [0.2, 0.25) is 0 Å². The minimum absolute atomic E-state index is 0.00680. The fraction of sp³-hybridized carbons (Fsp3) is 0.458. The standard InChI is InChI=1S/C24H29N7O4/c1-30-7-3-6-25-21-20-18(23(33)29-22(20)28-14-27-21)12-26-15-4-2-5-17(10-15)35-9-8-31-13-16(32)11-19(31)24(30)34/h2,4-5,10,12,14,16,18-19,32H,3,6-9,11,13H2,1H3,(H2,25,27,28,29,33)/t16-,18?,19-/m1/s1. The number of likely N-dealkylation sites (N-methyl/N-ethyl adjacent to an activating group) is 1. The number of rotatable bonds is 0. The van der Waals surface area contributed by atoms with Gasteiger partial charge in [-0.3, -0.25) is 19.5 Å². The smallest absolute Gasteiger partial charge is 0.239 e. The van der Waals surface area contributed by atoms with Crippen LogP contribution in [0, 0.1) is 0 Å². The van der Waals surface area contributed by atoms with E-state index in [2.05, 4.69) is 25.6 Å². The average molecular weight is 480 g/mol. The maximum absolute atomic E-state index is 13.1. The molecule has 1 aromatic carbocycles. The van der Waals surface area contributed by atoms with Gasteiger partial charge in [0, 0.05) is 45.5 Å². The molecule has 2 bridgehead atoms. The summed E-state index contributed by atoms with van der Waals surface area (Å²) in [4.78, 5) is 42.5. The lowest BCUT2D eigenvalue weighted by molar-refractivity contribution is -0.134. The second kappa shape index (κ2) is 9.96. The van der Waals surface area contributed by atoms with Crippen LogP contribution in [-0.2, 0) is 9.59 Å². The van der Waals surface area contributed by atoms with Crippen LogP contribution in [-0.4, -0.2) is 94.9 Å². The molecule has 3 atom stereocenters. The van der Waals surface area contributed by atoms with Gasteiger partial charge in [-0.05, 0) is 25.0 Å². The number of aliphatic hydroxyl groups is 1. The topological polar surface area (TPSA) is 132 Å². The Hall–Kier alpha value is -3.57. The maximum Gasteiger partial charge on any atom is 0.239 e.